The third-order valence-corrected chi connectivity index (χ3v) is 4.15. The van der Waals surface area contributed by atoms with Crippen LogP contribution in [0.5, 0.6) is 0 Å². The highest BCUT2D eigenvalue weighted by Crippen LogP contribution is 2.39. The van der Waals surface area contributed by atoms with Crippen molar-refractivity contribution in [1.82, 2.24) is 10.3 Å². The number of alkyl halides is 3. The SMILES string of the molecule is O=CN[C@H](Sc1nc2ccccc2o1)C(Cl)(Cl)Cl. The Morgan fingerprint density at radius 3 is 2.72 bits per heavy atom. The number of halogens is 3. The zero-order chi connectivity index (χ0) is 13.2. The molecule has 1 aromatic carbocycles. The lowest BCUT2D eigenvalue weighted by molar-refractivity contribution is -0.109. The van der Waals surface area contributed by atoms with E-state index < -0.39 is 9.17 Å². The van der Waals surface area contributed by atoms with Gasteiger partial charge in [0.15, 0.2) is 5.58 Å². The predicted molar refractivity (Wildman–Crippen MR) is 73.1 cm³/mol. The van der Waals surface area contributed by atoms with Crippen LogP contribution in [-0.4, -0.2) is 20.6 Å². The molecule has 0 saturated heterocycles. The molecule has 0 aliphatic rings. The second-order valence-corrected chi connectivity index (χ2v) is 6.70. The minimum absolute atomic E-state index is 0.321. The van der Waals surface area contributed by atoms with E-state index >= 15 is 0 Å². The molecule has 0 bridgehead atoms. The van der Waals surface area contributed by atoms with Gasteiger partial charge >= 0.3 is 0 Å². The summed E-state index contributed by atoms with van der Waals surface area (Å²) in [7, 11) is 0. The lowest BCUT2D eigenvalue weighted by atomic mass is 10.3. The summed E-state index contributed by atoms with van der Waals surface area (Å²) in [6, 6.07) is 7.26. The Morgan fingerprint density at radius 1 is 1.39 bits per heavy atom. The maximum absolute atomic E-state index is 10.5. The Hall–Kier alpha value is -0.620. The van der Waals surface area contributed by atoms with Crippen LogP contribution in [-0.2, 0) is 4.79 Å². The molecule has 0 aliphatic carbocycles. The molecule has 1 aromatic heterocycles. The average Bonchev–Trinajstić information content (AvgIpc) is 2.69. The van der Waals surface area contributed by atoms with E-state index in [-0.39, 0.29) is 0 Å². The van der Waals surface area contributed by atoms with Gasteiger partial charge in [-0.05, 0) is 23.9 Å². The van der Waals surface area contributed by atoms with Crippen molar-refractivity contribution in [2.45, 2.75) is 14.4 Å². The van der Waals surface area contributed by atoms with Gasteiger partial charge in [0, 0.05) is 0 Å². The van der Waals surface area contributed by atoms with E-state index in [0.29, 0.717) is 22.7 Å². The number of hydrogen-bond donors (Lipinski definition) is 1. The van der Waals surface area contributed by atoms with E-state index in [1.54, 1.807) is 12.1 Å². The first-order valence-corrected chi connectivity index (χ1v) is 6.80. The minimum Gasteiger partial charge on any atom is -0.431 e. The van der Waals surface area contributed by atoms with Crippen molar-refractivity contribution in [2.75, 3.05) is 0 Å². The van der Waals surface area contributed by atoms with Crippen molar-refractivity contribution in [3.63, 3.8) is 0 Å². The maximum Gasteiger partial charge on any atom is 0.258 e. The van der Waals surface area contributed by atoms with Crippen molar-refractivity contribution < 1.29 is 9.21 Å². The van der Waals surface area contributed by atoms with Crippen molar-refractivity contribution in [3.8, 4) is 0 Å². The zero-order valence-corrected chi connectivity index (χ0v) is 11.9. The summed E-state index contributed by atoms with van der Waals surface area (Å²) >= 11 is 18.3. The standard InChI is InChI=1S/C10H7Cl3N2O2S/c11-10(12,13)8(14-5-16)18-9-15-6-3-1-2-4-7(6)17-9/h1-5,8H,(H,14,16)/t8-/m1/s1. The summed E-state index contributed by atoms with van der Waals surface area (Å²) in [6.45, 7) is 0. The van der Waals surface area contributed by atoms with Gasteiger partial charge in [0.25, 0.3) is 5.22 Å². The number of thioether (sulfide) groups is 1. The van der Waals surface area contributed by atoms with Gasteiger partial charge in [0.1, 0.15) is 10.9 Å². The Morgan fingerprint density at radius 2 is 2.11 bits per heavy atom. The molecule has 18 heavy (non-hydrogen) atoms. The van der Waals surface area contributed by atoms with Crippen LogP contribution >= 0.6 is 46.6 Å². The van der Waals surface area contributed by atoms with Crippen LogP contribution in [0.4, 0.5) is 0 Å². The van der Waals surface area contributed by atoms with Crippen LogP contribution in [0.3, 0.4) is 0 Å². The number of hydrogen-bond acceptors (Lipinski definition) is 4. The number of nitrogens with one attached hydrogen (secondary N) is 1. The highest BCUT2D eigenvalue weighted by Gasteiger charge is 2.34. The fraction of sp³-hybridized carbons (Fsp3) is 0.200. The average molecular weight is 326 g/mol. The molecule has 1 atom stereocenters. The van der Waals surface area contributed by atoms with Crippen LogP contribution in [0.25, 0.3) is 11.1 Å². The number of rotatable bonds is 4. The number of benzene rings is 1. The molecular weight excluding hydrogens is 319 g/mol. The van der Waals surface area contributed by atoms with E-state index in [1.807, 2.05) is 12.1 Å². The topological polar surface area (TPSA) is 55.1 Å². The maximum atomic E-state index is 10.5. The summed E-state index contributed by atoms with van der Waals surface area (Å²) in [6.07, 6.45) is 0.461. The van der Waals surface area contributed by atoms with Crippen LogP contribution in [0.2, 0.25) is 0 Å². The molecule has 0 fully saturated rings. The number of fused-ring (bicyclic) bond motifs is 1. The van der Waals surface area contributed by atoms with Crippen LogP contribution < -0.4 is 5.32 Å². The fourth-order valence-corrected chi connectivity index (χ4v) is 2.60. The molecule has 0 radical (unpaired) electrons. The van der Waals surface area contributed by atoms with Crippen LogP contribution in [0.1, 0.15) is 0 Å². The summed E-state index contributed by atoms with van der Waals surface area (Å²) in [4.78, 5) is 14.7. The van der Waals surface area contributed by atoms with Gasteiger partial charge < -0.3 is 9.73 Å². The zero-order valence-electron chi connectivity index (χ0n) is 8.77. The normalized spacial score (nSPS) is 13.5. The number of amides is 1. The van der Waals surface area contributed by atoms with Gasteiger partial charge in [-0.25, -0.2) is 4.98 Å². The molecular formula is C10H7Cl3N2O2S. The van der Waals surface area contributed by atoms with Gasteiger partial charge in [-0.15, -0.1) is 0 Å². The van der Waals surface area contributed by atoms with Gasteiger partial charge in [0.05, 0.1) is 0 Å². The third-order valence-electron chi connectivity index (χ3n) is 2.01. The van der Waals surface area contributed by atoms with E-state index in [1.165, 1.54) is 0 Å². The fourth-order valence-electron chi connectivity index (χ4n) is 1.26. The molecule has 8 heteroatoms. The lowest BCUT2D eigenvalue weighted by Crippen LogP contribution is -2.36. The van der Waals surface area contributed by atoms with Crippen molar-refractivity contribution in [1.29, 1.82) is 0 Å². The summed E-state index contributed by atoms with van der Waals surface area (Å²) in [5.74, 6) is 0. The Labute approximate surface area is 122 Å². The van der Waals surface area contributed by atoms with Gasteiger partial charge in [-0.2, -0.15) is 0 Å². The number of para-hydroxylation sites is 2. The number of carbonyl (C=O) groups is 1. The van der Waals surface area contributed by atoms with E-state index in [0.717, 1.165) is 11.8 Å². The Bertz CT molecular complexity index is 522. The van der Waals surface area contributed by atoms with Crippen molar-refractivity contribution in [2.24, 2.45) is 0 Å². The monoisotopic (exact) mass is 324 g/mol. The molecule has 96 valence electrons. The molecule has 1 N–H and O–H groups in total. The Kier molecular flexibility index (Phi) is 4.27. The molecule has 0 unspecified atom stereocenters. The van der Waals surface area contributed by atoms with Gasteiger partial charge in [-0.1, -0.05) is 46.9 Å². The quantitative estimate of drug-likeness (QED) is 0.405. The predicted octanol–water partition coefficient (Wildman–Crippen LogP) is 3.36. The first kappa shape index (κ1) is 13.8. The van der Waals surface area contributed by atoms with E-state index in [2.05, 4.69) is 10.3 Å². The summed E-state index contributed by atoms with van der Waals surface area (Å²) in [5, 5.41) is 1.94. The molecule has 0 aliphatic heterocycles. The summed E-state index contributed by atoms with van der Waals surface area (Å²) in [5.41, 5.74) is 1.34. The number of oxazole rings is 1. The molecule has 2 rings (SSSR count). The molecule has 0 spiro atoms. The molecule has 1 amide bonds. The van der Waals surface area contributed by atoms with Crippen molar-refractivity contribution in [3.05, 3.63) is 24.3 Å². The number of aromatic nitrogens is 1. The first-order valence-electron chi connectivity index (χ1n) is 4.79. The third kappa shape index (κ3) is 3.23. The highest BCUT2D eigenvalue weighted by molar-refractivity contribution is 8.00. The van der Waals surface area contributed by atoms with E-state index in [4.69, 9.17) is 39.2 Å². The first-order chi connectivity index (χ1) is 8.50. The van der Waals surface area contributed by atoms with Crippen LogP contribution in [0, 0.1) is 0 Å². The Balaban J connectivity index is 2.23. The minimum atomic E-state index is -1.66. The largest absolute Gasteiger partial charge is 0.431 e. The van der Waals surface area contributed by atoms with Crippen LogP contribution in [0.15, 0.2) is 33.9 Å². The molecule has 4 nitrogen and oxygen atoms in total. The second-order valence-electron chi connectivity index (χ2n) is 3.27. The molecule has 1 heterocycles. The smallest absolute Gasteiger partial charge is 0.258 e. The number of nitrogens with zero attached hydrogens (tertiary/aromatic N) is 1. The highest BCUT2D eigenvalue weighted by atomic mass is 35.6. The van der Waals surface area contributed by atoms with Crippen molar-refractivity contribution >= 4 is 64.1 Å². The second kappa shape index (κ2) is 5.57. The van der Waals surface area contributed by atoms with E-state index in [9.17, 15) is 4.79 Å². The summed E-state index contributed by atoms with van der Waals surface area (Å²) < 4.78 is 3.80. The number of carbonyl (C=O) groups excluding carboxylic acids is 1. The molecule has 2 aromatic rings. The molecule has 0 saturated carbocycles. The van der Waals surface area contributed by atoms with Gasteiger partial charge in [-0.3, -0.25) is 4.79 Å². The lowest BCUT2D eigenvalue weighted by Gasteiger charge is -2.21. The van der Waals surface area contributed by atoms with Gasteiger partial charge in [0.2, 0.25) is 10.2 Å².